The molecule has 0 spiro atoms. The Hall–Kier alpha value is -1.33. The molecule has 1 unspecified atom stereocenters. The predicted octanol–water partition coefficient (Wildman–Crippen LogP) is 2.45. The number of methoxy groups -OCH3 is 1. The van der Waals surface area contributed by atoms with Crippen LogP contribution in [0, 0.1) is 0 Å². The highest BCUT2D eigenvalue weighted by Crippen LogP contribution is 2.28. The van der Waals surface area contributed by atoms with Crippen LogP contribution in [0.2, 0.25) is 0 Å². The van der Waals surface area contributed by atoms with Gasteiger partial charge in [-0.3, -0.25) is 0 Å². The Balaban J connectivity index is 2.10. The van der Waals surface area contributed by atoms with Crippen LogP contribution in [-0.4, -0.2) is 46.7 Å². The summed E-state index contributed by atoms with van der Waals surface area (Å²) in [5.74, 6) is 1.91. The molecule has 0 radical (unpaired) electrons. The highest BCUT2D eigenvalue weighted by molar-refractivity contribution is 6.16. The van der Waals surface area contributed by atoms with Gasteiger partial charge in [0.05, 0.1) is 13.0 Å². The summed E-state index contributed by atoms with van der Waals surface area (Å²) in [6.07, 6.45) is 2.32. The molecule has 0 amide bonds. The summed E-state index contributed by atoms with van der Waals surface area (Å²) in [5, 5.41) is 0. The number of hydrogen-bond donors (Lipinski definition) is 0. The van der Waals surface area contributed by atoms with E-state index in [1.165, 1.54) is 6.42 Å². The number of piperidine rings is 1. The van der Waals surface area contributed by atoms with E-state index in [0.717, 1.165) is 36.5 Å². The van der Waals surface area contributed by atoms with Crippen molar-refractivity contribution in [1.29, 1.82) is 0 Å². The Labute approximate surface area is 123 Å². The van der Waals surface area contributed by atoms with Gasteiger partial charge in [0.25, 0.3) is 0 Å². The minimum Gasteiger partial charge on any atom is -0.481 e. The molecule has 0 aliphatic carbocycles. The number of likely N-dealkylation sites (tertiary alicyclic amines) is 1. The van der Waals surface area contributed by atoms with Gasteiger partial charge in [0.1, 0.15) is 11.3 Å². The fourth-order valence-corrected chi connectivity index (χ4v) is 3.13. The van der Waals surface area contributed by atoms with Crippen LogP contribution < -0.4 is 4.74 Å². The third-order valence-corrected chi connectivity index (χ3v) is 4.12. The van der Waals surface area contributed by atoms with Gasteiger partial charge >= 0.3 is 0 Å². The summed E-state index contributed by atoms with van der Waals surface area (Å²) in [7, 11) is 3.78. The molecule has 108 valence electrons. The van der Waals surface area contributed by atoms with Crippen molar-refractivity contribution < 1.29 is 4.74 Å². The number of aromatic nitrogens is 3. The van der Waals surface area contributed by atoms with Crippen molar-refractivity contribution in [2.75, 3.05) is 27.2 Å². The summed E-state index contributed by atoms with van der Waals surface area (Å²) < 4.78 is 7.43. The second kappa shape index (κ2) is 5.58. The van der Waals surface area contributed by atoms with E-state index in [1.807, 2.05) is 12.1 Å². The first-order valence-corrected chi connectivity index (χ1v) is 7.42. The maximum Gasteiger partial charge on any atom is 0.215 e. The molecule has 0 aromatic carbocycles. The zero-order valence-electron chi connectivity index (χ0n) is 11.8. The summed E-state index contributed by atoms with van der Waals surface area (Å²) in [6, 6.07) is 4.16. The largest absolute Gasteiger partial charge is 0.481 e. The SMILES string of the molecule is COc1ccc2nc(CCl)n(C3CCCN(C)C3)c2n1. The van der Waals surface area contributed by atoms with Crippen LogP contribution in [0.15, 0.2) is 12.1 Å². The number of pyridine rings is 1. The van der Waals surface area contributed by atoms with Crippen LogP contribution in [0.25, 0.3) is 11.2 Å². The van der Waals surface area contributed by atoms with Crippen molar-refractivity contribution in [3.05, 3.63) is 18.0 Å². The summed E-state index contributed by atoms with van der Waals surface area (Å²) >= 11 is 6.08. The van der Waals surface area contributed by atoms with Crippen LogP contribution in [0.4, 0.5) is 0 Å². The van der Waals surface area contributed by atoms with Gasteiger partial charge in [-0.2, -0.15) is 4.98 Å². The lowest BCUT2D eigenvalue weighted by atomic mass is 10.1. The van der Waals surface area contributed by atoms with Gasteiger partial charge in [-0.25, -0.2) is 4.98 Å². The Morgan fingerprint density at radius 3 is 2.95 bits per heavy atom. The third kappa shape index (κ3) is 2.36. The molecule has 1 atom stereocenters. The number of rotatable bonds is 3. The van der Waals surface area contributed by atoms with Crippen molar-refractivity contribution in [2.24, 2.45) is 0 Å². The average molecular weight is 295 g/mol. The summed E-state index contributed by atoms with van der Waals surface area (Å²) in [4.78, 5) is 11.5. The molecule has 2 aromatic rings. The smallest absolute Gasteiger partial charge is 0.215 e. The first kappa shape index (κ1) is 13.6. The van der Waals surface area contributed by atoms with Crippen molar-refractivity contribution >= 4 is 22.8 Å². The highest BCUT2D eigenvalue weighted by Gasteiger charge is 2.24. The molecule has 0 saturated carbocycles. The first-order valence-electron chi connectivity index (χ1n) is 6.89. The molecular weight excluding hydrogens is 276 g/mol. The number of alkyl halides is 1. The lowest BCUT2D eigenvalue weighted by Gasteiger charge is -2.31. The number of halogens is 1. The van der Waals surface area contributed by atoms with E-state index in [2.05, 4.69) is 26.5 Å². The molecule has 1 fully saturated rings. The van der Waals surface area contributed by atoms with Gasteiger partial charge in [0.2, 0.25) is 5.88 Å². The number of hydrogen-bond acceptors (Lipinski definition) is 4. The Bertz CT molecular complexity index is 612. The Morgan fingerprint density at radius 2 is 2.25 bits per heavy atom. The van der Waals surface area contributed by atoms with Crippen LogP contribution in [-0.2, 0) is 5.88 Å². The van der Waals surface area contributed by atoms with Crippen LogP contribution in [0.3, 0.4) is 0 Å². The number of fused-ring (bicyclic) bond motifs is 1. The third-order valence-electron chi connectivity index (χ3n) is 3.88. The maximum atomic E-state index is 6.08. The summed E-state index contributed by atoms with van der Waals surface area (Å²) in [6.45, 7) is 2.16. The molecule has 0 N–H and O–H groups in total. The fourth-order valence-electron chi connectivity index (χ4n) is 2.94. The molecule has 20 heavy (non-hydrogen) atoms. The quantitative estimate of drug-likeness (QED) is 0.816. The van der Waals surface area contributed by atoms with Crippen LogP contribution >= 0.6 is 11.6 Å². The maximum absolute atomic E-state index is 6.08. The van der Waals surface area contributed by atoms with Crippen LogP contribution in [0.1, 0.15) is 24.7 Å². The normalized spacial score (nSPS) is 20.4. The number of imidazole rings is 1. The van der Waals surface area contributed by atoms with Gasteiger partial charge in [0.15, 0.2) is 5.65 Å². The van der Waals surface area contributed by atoms with Gasteiger partial charge in [-0.1, -0.05) is 0 Å². The molecule has 3 heterocycles. The fraction of sp³-hybridized carbons (Fsp3) is 0.571. The predicted molar refractivity (Wildman–Crippen MR) is 79.4 cm³/mol. The minimum atomic E-state index is 0.382. The number of nitrogens with zero attached hydrogens (tertiary/aromatic N) is 4. The van der Waals surface area contributed by atoms with E-state index in [0.29, 0.717) is 17.8 Å². The van der Waals surface area contributed by atoms with E-state index in [9.17, 15) is 0 Å². The Kier molecular flexibility index (Phi) is 3.81. The van der Waals surface area contributed by atoms with Crippen molar-refractivity contribution in [1.82, 2.24) is 19.4 Å². The lowest BCUT2D eigenvalue weighted by molar-refractivity contribution is 0.212. The molecule has 0 bridgehead atoms. The molecule has 1 aliphatic rings. The van der Waals surface area contributed by atoms with Crippen molar-refractivity contribution in [2.45, 2.75) is 24.8 Å². The second-order valence-electron chi connectivity index (χ2n) is 5.29. The lowest BCUT2D eigenvalue weighted by Crippen LogP contribution is -2.34. The molecule has 5 nitrogen and oxygen atoms in total. The zero-order chi connectivity index (χ0) is 14.1. The highest BCUT2D eigenvalue weighted by atomic mass is 35.5. The van der Waals surface area contributed by atoms with Gasteiger partial charge in [-0.15, -0.1) is 11.6 Å². The van der Waals surface area contributed by atoms with E-state index in [1.54, 1.807) is 7.11 Å². The zero-order valence-corrected chi connectivity index (χ0v) is 12.6. The topological polar surface area (TPSA) is 43.2 Å². The standard InChI is InChI=1S/C14H19ClN4O/c1-18-7-3-4-10(9-18)19-12(8-15)16-11-5-6-13(20-2)17-14(11)19/h5-6,10H,3-4,7-9H2,1-2H3. The second-order valence-corrected chi connectivity index (χ2v) is 5.55. The molecule has 1 saturated heterocycles. The van der Waals surface area contributed by atoms with Crippen molar-refractivity contribution in [3.63, 3.8) is 0 Å². The molecule has 3 rings (SSSR count). The summed E-state index contributed by atoms with van der Waals surface area (Å²) in [5.41, 5.74) is 1.76. The molecular formula is C14H19ClN4O. The molecule has 1 aliphatic heterocycles. The van der Waals surface area contributed by atoms with Crippen LogP contribution in [0.5, 0.6) is 5.88 Å². The van der Waals surface area contributed by atoms with Crippen molar-refractivity contribution in [3.8, 4) is 5.88 Å². The van der Waals surface area contributed by atoms with E-state index < -0.39 is 0 Å². The minimum absolute atomic E-state index is 0.382. The Morgan fingerprint density at radius 1 is 1.40 bits per heavy atom. The van der Waals surface area contributed by atoms with E-state index >= 15 is 0 Å². The van der Waals surface area contributed by atoms with Gasteiger partial charge in [-0.05, 0) is 32.5 Å². The number of ether oxygens (including phenoxy) is 1. The average Bonchev–Trinajstić information content (AvgIpc) is 2.84. The molecule has 6 heteroatoms. The first-order chi connectivity index (χ1) is 9.72. The van der Waals surface area contributed by atoms with E-state index in [-0.39, 0.29) is 0 Å². The van der Waals surface area contributed by atoms with Gasteiger partial charge < -0.3 is 14.2 Å². The van der Waals surface area contributed by atoms with E-state index in [4.69, 9.17) is 16.3 Å². The number of likely N-dealkylation sites (N-methyl/N-ethyl adjacent to an activating group) is 1. The molecule has 2 aromatic heterocycles. The monoisotopic (exact) mass is 294 g/mol. The van der Waals surface area contributed by atoms with Gasteiger partial charge in [0, 0.05) is 18.7 Å².